The van der Waals surface area contributed by atoms with Crippen LogP contribution in [0, 0.1) is 18.7 Å². The number of aliphatic hydroxyl groups is 1. The van der Waals surface area contributed by atoms with Gasteiger partial charge in [-0.25, -0.2) is 17.5 Å². The molecular formula is C12H17FN2O3S. The van der Waals surface area contributed by atoms with Gasteiger partial charge in [0.15, 0.2) is 0 Å². The molecule has 0 radical (unpaired) electrons. The van der Waals surface area contributed by atoms with E-state index in [1.165, 1.54) is 0 Å². The maximum atomic E-state index is 13.7. The van der Waals surface area contributed by atoms with Crippen LogP contribution in [0.2, 0.25) is 0 Å². The van der Waals surface area contributed by atoms with E-state index in [0.717, 1.165) is 12.1 Å². The van der Waals surface area contributed by atoms with Crippen LogP contribution in [0.3, 0.4) is 0 Å². The Labute approximate surface area is 111 Å². The standard InChI is InChI=1S/C12H17FN2O3S/c1-7-2-10(13)12(5-11(7)14)19(17,18)15-6-8-3-9(16)4-8/h2,5,8-9,15-16H,3-4,6,14H2,1H3. The van der Waals surface area contributed by atoms with E-state index in [2.05, 4.69) is 4.72 Å². The van der Waals surface area contributed by atoms with Gasteiger partial charge >= 0.3 is 0 Å². The Balaban J connectivity index is 2.13. The summed E-state index contributed by atoms with van der Waals surface area (Å²) in [5.74, 6) is -0.705. The number of benzene rings is 1. The Morgan fingerprint density at radius 3 is 2.68 bits per heavy atom. The lowest BCUT2D eigenvalue weighted by Gasteiger charge is -2.31. The lowest BCUT2D eigenvalue weighted by atomic mass is 9.83. The van der Waals surface area contributed by atoms with Crippen molar-refractivity contribution in [3.8, 4) is 0 Å². The number of nitrogens with one attached hydrogen (secondary N) is 1. The van der Waals surface area contributed by atoms with Crippen molar-refractivity contribution in [1.29, 1.82) is 0 Å². The topological polar surface area (TPSA) is 92.4 Å². The molecule has 0 unspecified atom stereocenters. The van der Waals surface area contributed by atoms with Gasteiger partial charge < -0.3 is 10.8 Å². The Kier molecular flexibility index (Phi) is 3.80. The van der Waals surface area contributed by atoms with E-state index in [0.29, 0.717) is 18.4 Å². The third-order valence-electron chi connectivity index (χ3n) is 3.38. The van der Waals surface area contributed by atoms with Gasteiger partial charge in [-0.15, -0.1) is 0 Å². The Hall–Kier alpha value is -1.18. The van der Waals surface area contributed by atoms with Crippen LogP contribution in [0.1, 0.15) is 18.4 Å². The van der Waals surface area contributed by atoms with Crippen LogP contribution in [-0.2, 0) is 10.0 Å². The minimum Gasteiger partial charge on any atom is -0.398 e. The van der Waals surface area contributed by atoms with Crippen molar-refractivity contribution in [3.05, 3.63) is 23.5 Å². The van der Waals surface area contributed by atoms with E-state index in [-0.39, 0.29) is 24.3 Å². The van der Waals surface area contributed by atoms with Gasteiger partial charge in [-0.2, -0.15) is 0 Å². The zero-order valence-electron chi connectivity index (χ0n) is 10.6. The van der Waals surface area contributed by atoms with Gasteiger partial charge in [0, 0.05) is 12.2 Å². The number of nitrogens with two attached hydrogens (primary N) is 1. The largest absolute Gasteiger partial charge is 0.398 e. The molecule has 1 aromatic rings. The predicted octanol–water partition coefficient (Wildman–Crippen LogP) is 0.766. The number of hydrogen-bond acceptors (Lipinski definition) is 4. The molecule has 1 saturated carbocycles. The summed E-state index contributed by atoms with van der Waals surface area (Å²) in [6.07, 6.45) is 0.795. The zero-order valence-corrected chi connectivity index (χ0v) is 11.4. The number of aliphatic hydroxyl groups excluding tert-OH is 1. The minimum absolute atomic E-state index is 0.107. The lowest BCUT2D eigenvalue weighted by molar-refractivity contribution is 0.0453. The fourth-order valence-corrected chi connectivity index (χ4v) is 3.26. The normalized spacial score (nSPS) is 23.1. The van der Waals surface area contributed by atoms with Crippen LogP contribution in [0.4, 0.5) is 10.1 Å². The average Bonchev–Trinajstić information content (AvgIpc) is 2.27. The van der Waals surface area contributed by atoms with Gasteiger partial charge in [0.05, 0.1) is 6.10 Å². The van der Waals surface area contributed by atoms with Crippen molar-refractivity contribution < 1.29 is 17.9 Å². The Morgan fingerprint density at radius 1 is 1.47 bits per heavy atom. The zero-order chi connectivity index (χ0) is 14.2. The molecule has 0 atom stereocenters. The smallest absolute Gasteiger partial charge is 0.243 e. The molecule has 0 heterocycles. The highest BCUT2D eigenvalue weighted by Gasteiger charge is 2.29. The summed E-state index contributed by atoms with van der Waals surface area (Å²) in [5.41, 5.74) is 6.34. The molecule has 2 rings (SSSR count). The summed E-state index contributed by atoms with van der Waals surface area (Å²) < 4.78 is 40.0. The summed E-state index contributed by atoms with van der Waals surface area (Å²) in [5, 5.41) is 9.12. The van der Waals surface area contributed by atoms with Crippen molar-refractivity contribution in [1.82, 2.24) is 4.72 Å². The van der Waals surface area contributed by atoms with Gasteiger partial charge in [-0.05, 0) is 43.4 Å². The lowest BCUT2D eigenvalue weighted by Crippen LogP contribution is -2.38. The molecule has 7 heteroatoms. The maximum absolute atomic E-state index is 13.7. The van der Waals surface area contributed by atoms with E-state index < -0.39 is 20.7 Å². The van der Waals surface area contributed by atoms with Crippen LogP contribution in [0.25, 0.3) is 0 Å². The average molecular weight is 288 g/mol. The predicted molar refractivity (Wildman–Crippen MR) is 69.5 cm³/mol. The molecule has 0 aliphatic heterocycles. The highest BCUT2D eigenvalue weighted by molar-refractivity contribution is 7.89. The summed E-state index contributed by atoms with van der Waals surface area (Å²) >= 11 is 0. The van der Waals surface area contributed by atoms with Gasteiger partial charge in [0.25, 0.3) is 0 Å². The third-order valence-corrected chi connectivity index (χ3v) is 4.82. The van der Waals surface area contributed by atoms with E-state index in [9.17, 15) is 12.8 Å². The van der Waals surface area contributed by atoms with Crippen molar-refractivity contribution in [2.75, 3.05) is 12.3 Å². The number of rotatable bonds is 4. The van der Waals surface area contributed by atoms with Crippen LogP contribution in [0.15, 0.2) is 17.0 Å². The molecule has 1 aliphatic rings. The van der Waals surface area contributed by atoms with Crippen molar-refractivity contribution in [2.24, 2.45) is 5.92 Å². The first-order valence-corrected chi connectivity index (χ1v) is 7.51. The van der Waals surface area contributed by atoms with E-state index in [1.807, 2.05) is 0 Å². The molecular weight excluding hydrogens is 271 g/mol. The van der Waals surface area contributed by atoms with Crippen LogP contribution < -0.4 is 10.5 Å². The second-order valence-electron chi connectivity index (χ2n) is 4.98. The van der Waals surface area contributed by atoms with Gasteiger partial charge in [-0.1, -0.05) is 0 Å². The van der Waals surface area contributed by atoms with E-state index in [1.54, 1.807) is 6.92 Å². The first-order valence-electron chi connectivity index (χ1n) is 6.03. The molecule has 0 bridgehead atoms. The molecule has 0 aromatic heterocycles. The second-order valence-corrected chi connectivity index (χ2v) is 6.72. The maximum Gasteiger partial charge on any atom is 0.243 e. The molecule has 1 aromatic carbocycles. The molecule has 0 amide bonds. The number of sulfonamides is 1. The number of nitrogen functional groups attached to an aromatic ring is 1. The summed E-state index contributed by atoms with van der Waals surface area (Å²) in [4.78, 5) is -0.435. The highest BCUT2D eigenvalue weighted by atomic mass is 32.2. The number of halogens is 1. The third kappa shape index (κ3) is 3.05. The highest BCUT2D eigenvalue weighted by Crippen LogP contribution is 2.27. The molecule has 5 nitrogen and oxygen atoms in total. The van der Waals surface area contributed by atoms with Crippen molar-refractivity contribution in [3.63, 3.8) is 0 Å². The molecule has 4 N–H and O–H groups in total. The van der Waals surface area contributed by atoms with Crippen molar-refractivity contribution in [2.45, 2.75) is 30.8 Å². The molecule has 1 fully saturated rings. The summed E-state index contributed by atoms with van der Waals surface area (Å²) in [6.45, 7) is 1.81. The molecule has 19 heavy (non-hydrogen) atoms. The Bertz CT molecular complexity index is 583. The monoisotopic (exact) mass is 288 g/mol. The first-order chi connectivity index (χ1) is 8.79. The van der Waals surface area contributed by atoms with Gasteiger partial charge in [0.2, 0.25) is 10.0 Å². The SMILES string of the molecule is Cc1cc(F)c(S(=O)(=O)NCC2CC(O)C2)cc1N. The second kappa shape index (κ2) is 5.07. The number of aryl methyl sites for hydroxylation is 1. The Morgan fingerprint density at radius 2 is 2.11 bits per heavy atom. The number of hydrogen-bond donors (Lipinski definition) is 3. The van der Waals surface area contributed by atoms with Gasteiger partial charge in [0.1, 0.15) is 10.7 Å². The van der Waals surface area contributed by atoms with Crippen LogP contribution in [-0.4, -0.2) is 26.2 Å². The molecule has 0 saturated heterocycles. The first kappa shape index (κ1) is 14.2. The van der Waals surface area contributed by atoms with Gasteiger partial charge in [-0.3, -0.25) is 0 Å². The van der Waals surface area contributed by atoms with Crippen LogP contribution >= 0.6 is 0 Å². The summed E-state index contributed by atoms with van der Waals surface area (Å²) in [7, 11) is -3.91. The fraction of sp³-hybridized carbons (Fsp3) is 0.500. The van der Waals surface area contributed by atoms with E-state index >= 15 is 0 Å². The number of anilines is 1. The van der Waals surface area contributed by atoms with Crippen LogP contribution in [0.5, 0.6) is 0 Å². The molecule has 1 aliphatic carbocycles. The molecule has 0 spiro atoms. The fourth-order valence-electron chi connectivity index (χ4n) is 2.05. The summed E-state index contributed by atoms with van der Waals surface area (Å²) in [6, 6.07) is 2.24. The van der Waals surface area contributed by atoms with Crippen molar-refractivity contribution >= 4 is 15.7 Å². The minimum atomic E-state index is -3.91. The quantitative estimate of drug-likeness (QED) is 0.713. The molecule has 106 valence electrons. The van der Waals surface area contributed by atoms with E-state index in [4.69, 9.17) is 10.8 Å².